The van der Waals surface area contributed by atoms with E-state index in [-0.39, 0.29) is 0 Å². The second-order valence-corrected chi connectivity index (χ2v) is 5.37. The minimum Gasteiger partial charge on any atom is -0.377 e. The molecular formula is C11H20N4S. The van der Waals surface area contributed by atoms with E-state index in [9.17, 15) is 0 Å². The first-order valence-electron chi connectivity index (χ1n) is 6.01. The highest BCUT2D eigenvalue weighted by Crippen LogP contribution is 2.21. The number of anilines is 1. The fraction of sp³-hybridized carbons (Fsp3) is 0.818. The van der Waals surface area contributed by atoms with Crippen molar-refractivity contribution in [2.75, 3.05) is 25.5 Å². The lowest BCUT2D eigenvalue weighted by molar-refractivity contribution is 0.271. The van der Waals surface area contributed by atoms with Gasteiger partial charge < -0.3 is 5.32 Å². The highest BCUT2D eigenvalue weighted by Gasteiger charge is 2.16. The Morgan fingerprint density at radius 3 is 3.12 bits per heavy atom. The molecule has 1 fully saturated rings. The maximum atomic E-state index is 4.20. The van der Waals surface area contributed by atoms with Gasteiger partial charge in [-0.2, -0.15) is 0 Å². The van der Waals surface area contributed by atoms with Crippen molar-refractivity contribution < 1.29 is 0 Å². The van der Waals surface area contributed by atoms with Crippen LogP contribution in [-0.2, 0) is 6.54 Å². The lowest BCUT2D eigenvalue weighted by Gasteiger charge is -2.18. The van der Waals surface area contributed by atoms with E-state index in [1.54, 1.807) is 0 Å². The van der Waals surface area contributed by atoms with Crippen molar-refractivity contribution in [2.45, 2.75) is 32.7 Å². The SMILES string of the molecule is CNc1snnc1CN1CCCC(C)CC1. The van der Waals surface area contributed by atoms with E-state index in [1.807, 2.05) is 7.05 Å². The molecule has 1 N–H and O–H groups in total. The first-order chi connectivity index (χ1) is 7.79. The van der Waals surface area contributed by atoms with Crippen LogP contribution in [0.5, 0.6) is 0 Å². The Kier molecular flexibility index (Phi) is 4.12. The molecule has 4 nitrogen and oxygen atoms in total. The van der Waals surface area contributed by atoms with Crippen LogP contribution in [-0.4, -0.2) is 34.6 Å². The van der Waals surface area contributed by atoms with Gasteiger partial charge in [0.2, 0.25) is 0 Å². The zero-order valence-corrected chi connectivity index (χ0v) is 10.9. The molecule has 0 saturated carbocycles. The Labute approximate surface area is 101 Å². The number of likely N-dealkylation sites (tertiary alicyclic amines) is 1. The summed E-state index contributed by atoms with van der Waals surface area (Å²) in [5.74, 6) is 0.877. The van der Waals surface area contributed by atoms with Gasteiger partial charge in [0.1, 0.15) is 10.7 Å². The number of hydrogen-bond acceptors (Lipinski definition) is 5. The van der Waals surface area contributed by atoms with Crippen molar-refractivity contribution in [3.63, 3.8) is 0 Å². The summed E-state index contributed by atoms with van der Waals surface area (Å²) in [4.78, 5) is 2.50. The van der Waals surface area contributed by atoms with Crippen LogP contribution in [0.1, 0.15) is 31.9 Å². The summed E-state index contributed by atoms with van der Waals surface area (Å²) in [5, 5.41) is 8.46. The molecule has 0 radical (unpaired) electrons. The fourth-order valence-electron chi connectivity index (χ4n) is 2.19. The number of aromatic nitrogens is 2. The molecule has 16 heavy (non-hydrogen) atoms. The van der Waals surface area contributed by atoms with Gasteiger partial charge in [0.05, 0.1) is 0 Å². The van der Waals surface area contributed by atoms with Gasteiger partial charge >= 0.3 is 0 Å². The predicted molar refractivity (Wildman–Crippen MR) is 67.7 cm³/mol. The van der Waals surface area contributed by atoms with E-state index >= 15 is 0 Å². The molecule has 1 aliphatic heterocycles. The molecule has 1 unspecified atom stereocenters. The highest BCUT2D eigenvalue weighted by molar-refractivity contribution is 7.10. The van der Waals surface area contributed by atoms with Gasteiger partial charge in [-0.05, 0) is 38.3 Å². The summed E-state index contributed by atoms with van der Waals surface area (Å²) >= 11 is 1.44. The number of rotatable bonds is 3. The van der Waals surface area contributed by atoms with Crippen LogP contribution < -0.4 is 5.32 Å². The van der Waals surface area contributed by atoms with Crippen LogP contribution in [0, 0.1) is 5.92 Å². The Morgan fingerprint density at radius 2 is 2.31 bits per heavy atom. The quantitative estimate of drug-likeness (QED) is 0.879. The number of hydrogen-bond donors (Lipinski definition) is 1. The summed E-state index contributed by atoms with van der Waals surface area (Å²) in [7, 11) is 1.93. The van der Waals surface area contributed by atoms with E-state index < -0.39 is 0 Å². The molecular weight excluding hydrogens is 220 g/mol. The third-order valence-corrected chi connectivity index (χ3v) is 4.05. The molecule has 1 aromatic rings. The van der Waals surface area contributed by atoms with Crippen molar-refractivity contribution >= 4 is 16.5 Å². The van der Waals surface area contributed by atoms with Crippen molar-refractivity contribution in [3.05, 3.63) is 5.69 Å². The summed E-state index contributed by atoms with van der Waals surface area (Å²) in [6, 6.07) is 0. The van der Waals surface area contributed by atoms with E-state index in [0.717, 1.165) is 23.2 Å². The van der Waals surface area contributed by atoms with Gasteiger partial charge in [-0.25, -0.2) is 0 Å². The van der Waals surface area contributed by atoms with Crippen LogP contribution in [0.2, 0.25) is 0 Å². The van der Waals surface area contributed by atoms with Crippen molar-refractivity contribution in [1.29, 1.82) is 0 Å². The van der Waals surface area contributed by atoms with Crippen molar-refractivity contribution in [3.8, 4) is 0 Å². The van der Waals surface area contributed by atoms with Gasteiger partial charge in [-0.3, -0.25) is 4.90 Å². The maximum Gasteiger partial charge on any atom is 0.134 e. The number of nitrogens with one attached hydrogen (secondary N) is 1. The van der Waals surface area contributed by atoms with Gasteiger partial charge in [0.25, 0.3) is 0 Å². The largest absolute Gasteiger partial charge is 0.377 e. The van der Waals surface area contributed by atoms with E-state index in [2.05, 4.69) is 26.7 Å². The molecule has 1 aliphatic rings. The Hall–Kier alpha value is -0.680. The number of nitrogens with zero attached hydrogens (tertiary/aromatic N) is 3. The van der Waals surface area contributed by atoms with Crippen molar-refractivity contribution in [1.82, 2.24) is 14.5 Å². The van der Waals surface area contributed by atoms with Crippen LogP contribution in [0.15, 0.2) is 0 Å². The van der Waals surface area contributed by atoms with Crippen LogP contribution in [0.3, 0.4) is 0 Å². The van der Waals surface area contributed by atoms with Crippen molar-refractivity contribution in [2.24, 2.45) is 5.92 Å². The third kappa shape index (κ3) is 2.92. The smallest absolute Gasteiger partial charge is 0.134 e. The monoisotopic (exact) mass is 240 g/mol. The molecule has 0 amide bonds. The van der Waals surface area contributed by atoms with E-state index in [0.29, 0.717) is 0 Å². The van der Waals surface area contributed by atoms with Gasteiger partial charge in [0.15, 0.2) is 0 Å². The Balaban J connectivity index is 1.93. The average Bonchev–Trinajstić information content (AvgIpc) is 2.63. The predicted octanol–water partition coefficient (Wildman–Crippen LogP) is 2.20. The minimum absolute atomic E-state index is 0.877. The molecule has 1 atom stereocenters. The second kappa shape index (κ2) is 5.59. The molecule has 0 spiro atoms. The van der Waals surface area contributed by atoms with E-state index in [1.165, 1.54) is 43.9 Å². The standard InChI is InChI=1S/C11H20N4S/c1-9-4-3-6-15(7-5-9)8-10-11(12-2)16-14-13-10/h9,12H,3-8H2,1-2H3. The molecule has 90 valence electrons. The molecule has 0 aliphatic carbocycles. The first-order valence-corrected chi connectivity index (χ1v) is 6.78. The third-order valence-electron chi connectivity index (χ3n) is 3.27. The molecule has 2 heterocycles. The summed E-state index contributed by atoms with van der Waals surface area (Å²) < 4.78 is 4.00. The average molecular weight is 240 g/mol. The summed E-state index contributed by atoms with van der Waals surface area (Å²) in [5.41, 5.74) is 1.10. The zero-order chi connectivity index (χ0) is 11.4. The maximum absolute atomic E-state index is 4.20. The molecule has 0 bridgehead atoms. The minimum atomic E-state index is 0.877. The van der Waals surface area contributed by atoms with Gasteiger partial charge in [-0.1, -0.05) is 11.4 Å². The lowest BCUT2D eigenvalue weighted by Crippen LogP contribution is -2.24. The normalized spacial score (nSPS) is 23.0. The fourth-order valence-corrected chi connectivity index (χ4v) is 2.72. The molecule has 0 aromatic carbocycles. The van der Waals surface area contributed by atoms with Crippen LogP contribution >= 0.6 is 11.5 Å². The van der Waals surface area contributed by atoms with Crippen LogP contribution in [0.25, 0.3) is 0 Å². The zero-order valence-electron chi connectivity index (χ0n) is 10.1. The molecule has 1 aromatic heterocycles. The molecule has 2 rings (SSSR count). The second-order valence-electron chi connectivity index (χ2n) is 4.61. The highest BCUT2D eigenvalue weighted by atomic mass is 32.1. The lowest BCUT2D eigenvalue weighted by atomic mass is 10.0. The van der Waals surface area contributed by atoms with Crippen LogP contribution in [0.4, 0.5) is 5.00 Å². The van der Waals surface area contributed by atoms with E-state index in [4.69, 9.17) is 0 Å². The van der Waals surface area contributed by atoms with Gasteiger partial charge in [0, 0.05) is 25.1 Å². The molecule has 5 heteroatoms. The Bertz CT molecular complexity index is 326. The molecule has 1 saturated heterocycles. The Morgan fingerprint density at radius 1 is 1.44 bits per heavy atom. The summed E-state index contributed by atoms with van der Waals surface area (Å²) in [6.07, 6.45) is 3.99. The topological polar surface area (TPSA) is 41.1 Å². The first kappa shape index (κ1) is 11.8. The van der Waals surface area contributed by atoms with Gasteiger partial charge in [-0.15, -0.1) is 5.10 Å². The summed E-state index contributed by atoms with van der Waals surface area (Å²) in [6.45, 7) is 5.69.